The highest BCUT2D eigenvalue weighted by Crippen LogP contribution is 2.31. The first-order chi connectivity index (χ1) is 9.97. The Morgan fingerprint density at radius 3 is 2.67 bits per heavy atom. The zero-order valence-corrected chi connectivity index (χ0v) is 11.9. The van der Waals surface area contributed by atoms with Gasteiger partial charge < -0.3 is 4.90 Å². The zero-order chi connectivity index (χ0) is 15.1. The van der Waals surface area contributed by atoms with E-state index in [1.54, 1.807) is 12.1 Å². The van der Waals surface area contributed by atoms with Crippen molar-refractivity contribution in [1.82, 2.24) is 0 Å². The molecule has 21 heavy (non-hydrogen) atoms. The molecule has 0 bridgehead atoms. The van der Waals surface area contributed by atoms with Gasteiger partial charge in [0.1, 0.15) is 5.82 Å². The Morgan fingerprint density at radius 2 is 1.90 bits per heavy atom. The van der Waals surface area contributed by atoms with Crippen LogP contribution in [0.4, 0.5) is 10.1 Å². The van der Waals surface area contributed by atoms with Gasteiger partial charge >= 0.3 is 0 Å². The van der Waals surface area contributed by atoms with Crippen LogP contribution in [0.1, 0.15) is 21.5 Å². The largest absolute Gasteiger partial charge is 0.300 e. The summed E-state index contributed by atoms with van der Waals surface area (Å²) >= 11 is 5.85. The fourth-order valence-corrected chi connectivity index (χ4v) is 2.60. The summed E-state index contributed by atoms with van der Waals surface area (Å²) in [5.41, 5.74) is 2.04. The van der Waals surface area contributed by atoms with Crippen LogP contribution < -0.4 is 4.90 Å². The van der Waals surface area contributed by atoms with Crippen molar-refractivity contribution in [3.05, 3.63) is 63.9 Å². The van der Waals surface area contributed by atoms with Gasteiger partial charge in [0.05, 0.1) is 17.8 Å². The van der Waals surface area contributed by atoms with Crippen LogP contribution in [0.5, 0.6) is 0 Å². The Kier molecular flexibility index (Phi) is 3.26. The lowest BCUT2D eigenvalue weighted by atomic mass is 10.1. The van der Waals surface area contributed by atoms with Crippen LogP contribution in [0.3, 0.4) is 0 Å². The maximum absolute atomic E-state index is 13.8. The normalized spacial score (nSPS) is 13.8. The average Bonchev–Trinajstić information content (AvgIpc) is 2.68. The van der Waals surface area contributed by atoms with Crippen LogP contribution in [-0.4, -0.2) is 11.7 Å². The van der Waals surface area contributed by atoms with E-state index in [-0.39, 0.29) is 12.1 Å². The molecule has 0 radical (unpaired) electrons. The van der Waals surface area contributed by atoms with Crippen LogP contribution in [0.2, 0.25) is 5.02 Å². The number of amides is 1. The Morgan fingerprint density at radius 1 is 1.14 bits per heavy atom. The van der Waals surface area contributed by atoms with Gasteiger partial charge in [-0.1, -0.05) is 23.2 Å². The molecule has 0 fully saturated rings. The van der Waals surface area contributed by atoms with Gasteiger partial charge in [-0.15, -0.1) is 0 Å². The molecule has 1 amide bonds. The van der Waals surface area contributed by atoms with Crippen molar-refractivity contribution in [3.8, 4) is 0 Å². The molecule has 0 aromatic heterocycles. The number of nitrogens with zero attached hydrogens (tertiary/aromatic N) is 1. The Bertz CT molecular complexity index is 773. The number of aryl methyl sites for hydroxylation is 1. The Labute approximate surface area is 125 Å². The van der Waals surface area contributed by atoms with E-state index in [2.05, 4.69) is 0 Å². The van der Waals surface area contributed by atoms with Crippen molar-refractivity contribution in [2.24, 2.45) is 0 Å². The van der Waals surface area contributed by atoms with Gasteiger partial charge in [-0.05, 0) is 37.3 Å². The quantitative estimate of drug-likeness (QED) is 0.796. The second-order valence-corrected chi connectivity index (χ2v) is 5.41. The molecular formula is C16H11ClFNO2. The average molecular weight is 304 g/mol. The molecule has 3 rings (SSSR count). The van der Waals surface area contributed by atoms with Crippen LogP contribution in [-0.2, 0) is 11.3 Å². The lowest BCUT2D eigenvalue weighted by Gasteiger charge is -2.17. The molecule has 0 N–H and O–H groups in total. The zero-order valence-electron chi connectivity index (χ0n) is 11.2. The highest BCUT2D eigenvalue weighted by atomic mass is 35.5. The summed E-state index contributed by atoms with van der Waals surface area (Å²) < 4.78 is 13.8. The number of ketones is 1. The fourth-order valence-electron chi connectivity index (χ4n) is 2.41. The molecule has 0 atom stereocenters. The lowest BCUT2D eigenvalue weighted by molar-refractivity contribution is -0.114. The molecule has 0 spiro atoms. The maximum atomic E-state index is 13.8. The molecule has 1 aliphatic rings. The predicted octanol–water partition coefficient (Wildman–Crippen LogP) is 3.52. The van der Waals surface area contributed by atoms with Gasteiger partial charge in [0.15, 0.2) is 0 Å². The number of fused-ring (bicyclic) bond motifs is 1. The topological polar surface area (TPSA) is 37.4 Å². The van der Waals surface area contributed by atoms with Gasteiger partial charge in [0.25, 0.3) is 11.7 Å². The second kappa shape index (κ2) is 4.97. The third kappa shape index (κ3) is 2.32. The van der Waals surface area contributed by atoms with Crippen molar-refractivity contribution in [3.63, 3.8) is 0 Å². The summed E-state index contributed by atoms with van der Waals surface area (Å²) in [6, 6.07) is 9.33. The van der Waals surface area contributed by atoms with Crippen molar-refractivity contribution in [2.45, 2.75) is 13.5 Å². The minimum atomic E-state index is -0.644. The SMILES string of the molecule is Cc1ccc2c(c1)C(=O)C(=O)N2Cc1cc(Cl)ccc1F. The van der Waals surface area contributed by atoms with Crippen molar-refractivity contribution in [2.75, 3.05) is 4.90 Å². The predicted molar refractivity (Wildman–Crippen MR) is 78.1 cm³/mol. The van der Waals surface area contributed by atoms with E-state index in [0.29, 0.717) is 16.3 Å². The van der Waals surface area contributed by atoms with E-state index < -0.39 is 17.5 Å². The number of anilines is 1. The number of carbonyl (C=O) groups is 2. The number of hydrogen-bond acceptors (Lipinski definition) is 2. The Hall–Kier alpha value is -2.20. The number of rotatable bonds is 2. The summed E-state index contributed by atoms with van der Waals surface area (Å²) in [6.07, 6.45) is 0. The molecule has 3 nitrogen and oxygen atoms in total. The smallest absolute Gasteiger partial charge is 0.299 e. The number of benzene rings is 2. The molecule has 0 saturated carbocycles. The number of carbonyl (C=O) groups excluding carboxylic acids is 2. The highest BCUT2D eigenvalue weighted by Gasteiger charge is 2.36. The van der Waals surface area contributed by atoms with Gasteiger partial charge in [0, 0.05) is 10.6 Å². The van der Waals surface area contributed by atoms with Crippen molar-refractivity contribution >= 4 is 29.0 Å². The first-order valence-corrected chi connectivity index (χ1v) is 6.76. The summed E-state index contributed by atoms with van der Waals surface area (Å²) in [4.78, 5) is 25.4. The van der Waals surface area contributed by atoms with E-state index in [4.69, 9.17) is 11.6 Å². The van der Waals surface area contributed by atoms with E-state index in [1.807, 2.05) is 13.0 Å². The van der Waals surface area contributed by atoms with Crippen LogP contribution in [0, 0.1) is 12.7 Å². The summed E-state index contributed by atoms with van der Waals surface area (Å²) in [7, 11) is 0. The monoisotopic (exact) mass is 303 g/mol. The minimum absolute atomic E-state index is 0.0208. The van der Waals surface area contributed by atoms with Gasteiger partial charge in [0.2, 0.25) is 0 Å². The summed E-state index contributed by atoms with van der Waals surface area (Å²) in [5, 5.41) is 0.383. The molecule has 1 aliphatic heterocycles. The molecule has 0 aliphatic carbocycles. The molecule has 106 valence electrons. The molecule has 0 unspecified atom stereocenters. The lowest BCUT2D eigenvalue weighted by Crippen LogP contribution is -2.29. The molecular weight excluding hydrogens is 293 g/mol. The van der Waals surface area contributed by atoms with Crippen molar-refractivity contribution in [1.29, 1.82) is 0 Å². The molecule has 5 heteroatoms. The van der Waals surface area contributed by atoms with Crippen molar-refractivity contribution < 1.29 is 14.0 Å². The molecule has 0 saturated heterocycles. The summed E-state index contributed by atoms with van der Waals surface area (Å²) in [6.45, 7) is 1.82. The third-order valence-electron chi connectivity index (χ3n) is 3.46. The van der Waals surface area contributed by atoms with E-state index in [9.17, 15) is 14.0 Å². The highest BCUT2D eigenvalue weighted by molar-refractivity contribution is 6.52. The molecule has 2 aromatic carbocycles. The fraction of sp³-hybridized carbons (Fsp3) is 0.125. The third-order valence-corrected chi connectivity index (χ3v) is 3.70. The van der Waals surface area contributed by atoms with E-state index in [1.165, 1.54) is 23.1 Å². The van der Waals surface area contributed by atoms with Crippen LogP contribution >= 0.6 is 11.6 Å². The standard InChI is InChI=1S/C16H11ClFNO2/c1-9-2-5-14-12(6-9)15(20)16(21)19(14)8-10-7-11(17)3-4-13(10)18/h2-7H,8H2,1H3. The van der Waals surface area contributed by atoms with E-state index in [0.717, 1.165) is 5.56 Å². The number of Topliss-reactive ketones (excluding diaryl/α,β-unsaturated/α-hetero) is 1. The summed E-state index contributed by atoms with van der Waals surface area (Å²) in [5.74, 6) is -1.66. The molecule has 1 heterocycles. The first-order valence-electron chi connectivity index (χ1n) is 6.38. The minimum Gasteiger partial charge on any atom is -0.300 e. The van der Waals surface area contributed by atoms with Crippen LogP contribution in [0.15, 0.2) is 36.4 Å². The van der Waals surface area contributed by atoms with E-state index >= 15 is 0 Å². The number of halogens is 2. The van der Waals surface area contributed by atoms with Crippen LogP contribution in [0.25, 0.3) is 0 Å². The van der Waals surface area contributed by atoms with Gasteiger partial charge in [-0.2, -0.15) is 0 Å². The Balaban J connectivity index is 2.02. The first kappa shape index (κ1) is 13.8. The van der Waals surface area contributed by atoms with Gasteiger partial charge in [-0.3, -0.25) is 9.59 Å². The second-order valence-electron chi connectivity index (χ2n) is 4.98. The number of hydrogen-bond donors (Lipinski definition) is 0. The van der Waals surface area contributed by atoms with Gasteiger partial charge in [-0.25, -0.2) is 4.39 Å². The maximum Gasteiger partial charge on any atom is 0.299 e. The molecule has 2 aromatic rings.